The highest BCUT2D eigenvalue weighted by Gasteiger charge is 2.14. The van der Waals surface area contributed by atoms with Crippen molar-refractivity contribution in [1.29, 1.82) is 0 Å². The number of halogens is 3. The van der Waals surface area contributed by atoms with Gasteiger partial charge in [0.05, 0.1) is 4.90 Å². The molecule has 1 nitrogen and oxygen atoms in total. The number of benzene rings is 2. The lowest BCUT2D eigenvalue weighted by Gasteiger charge is -2.14. The smallest absolute Gasteiger partial charge is 0.137 e. The van der Waals surface area contributed by atoms with Gasteiger partial charge in [-0.3, -0.25) is 0 Å². The summed E-state index contributed by atoms with van der Waals surface area (Å²) in [4.78, 5) is 0.779. The van der Waals surface area contributed by atoms with E-state index in [0.29, 0.717) is 16.0 Å². The number of rotatable bonds is 3. The SMILES string of the molecule is Cc1cc(Sc2cc(F)ccc2F)c([C@H](C)N)cc1F. The first-order valence-electron chi connectivity index (χ1n) is 6.07. The molecule has 0 aliphatic rings. The monoisotopic (exact) mass is 297 g/mol. The van der Waals surface area contributed by atoms with E-state index in [0.717, 1.165) is 30.0 Å². The second kappa shape index (κ2) is 5.89. The van der Waals surface area contributed by atoms with Gasteiger partial charge in [-0.15, -0.1) is 0 Å². The van der Waals surface area contributed by atoms with E-state index in [4.69, 9.17) is 5.73 Å². The normalized spacial score (nSPS) is 12.5. The maximum absolute atomic E-state index is 13.7. The third-order valence-corrected chi connectivity index (χ3v) is 4.00. The van der Waals surface area contributed by atoms with Crippen molar-refractivity contribution in [3.8, 4) is 0 Å². The Bertz CT molecular complexity index is 641. The lowest BCUT2D eigenvalue weighted by atomic mass is 10.1. The van der Waals surface area contributed by atoms with E-state index in [-0.39, 0.29) is 10.7 Å². The van der Waals surface area contributed by atoms with E-state index in [1.807, 2.05) is 0 Å². The van der Waals surface area contributed by atoms with Crippen LogP contribution in [0.15, 0.2) is 40.1 Å². The number of hydrogen-bond donors (Lipinski definition) is 1. The van der Waals surface area contributed by atoms with Gasteiger partial charge in [0, 0.05) is 10.9 Å². The summed E-state index contributed by atoms with van der Waals surface area (Å²) in [5, 5.41) is 0. The van der Waals surface area contributed by atoms with Crippen LogP contribution in [-0.2, 0) is 0 Å². The quantitative estimate of drug-likeness (QED) is 0.897. The highest BCUT2D eigenvalue weighted by atomic mass is 32.2. The van der Waals surface area contributed by atoms with Crippen LogP contribution >= 0.6 is 11.8 Å². The molecule has 1 atom stereocenters. The third-order valence-electron chi connectivity index (χ3n) is 2.89. The van der Waals surface area contributed by atoms with Crippen molar-refractivity contribution in [3.05, 3.63) is 58.9 Å². The maximum Gasteiger partial charge on any atom is 0.137 e. The van der Waals surface area contributed by atoms with Crippen LogP contribution in [-0.4, -0.2) is 0 Å². The molecule has 2 aromatic rings. The molecule has 0 unspecified atom stereocenters. The van der Waals surface area contributed by atoms with Crippen LogP contribution in [0.1, 0.15) is 24.1 Å². The molecule has 0 aliphatic heterocycles. The Kier molecular flexibility index (Phi) is 4.40. The molecule has 2 N–H and O–H groups in total. The van der Waals surface area contributed by atoms with E-state index in [1.165, 1.54) is 6.07 Å². The molecule has 2 rings (SSSR count). The van der Waals surface area contributed by atoms with Gasteiger partial charge in [-0.25, -0.2) is 13.2 Å². The van der Waals surface area contributed by atoms with Gasteiger partial charge in [0.2, 0.25) is 0 Å². The lowest BCUT2D eigenvalue weighted by molar-refractivity contribution is 0.577. The number of nitrogens with two attached hydrogens (primary N) is 1. The van der Waals surface area contributed by atoms with Crippen molar-refractivity contribution >= 4 is 11.8 Å². The Hall–Kier alpha value is -1.46. The van der Waals surface area contributed by atoms with E-state index < -0.39 is 17.7 Å². The van der Waals surface area contributed by atoms with Gasteiger partial charge in [-0.05, 0) is 55.3 Å². The largest absolute Gasteiger partial charge is 0.324 e. The molecule has 0 bridgehead atoms. The predicted molar refractivity (Wildman–Crippen MR) is 74.2 cm³/mol. The van der Waals surface area contributed by atoms with Crippen LogP contribution in [0.4, 0.5) is 13.2 Å². The first-order chi connectivity index (χ1) is 9.38. The summed E-state index contributed by atoms with van der Waals surface area (Å²) in [6.45, 7) is 3.34. The molecule has 0 aromatic heterocycles. The fraction of sp³-hybridized carbons (Fsp3) is 0.200. The molecular formula is C15H14F3NS. The molecule has 0 aliphatic carbocycles. The van der Waals surface area contributed by atoms with Crippen molar-refractivity contribution in [3.63, 3.8) is 0 Å². The van der Waals surface area contributed by atoms with Crippen molar-refractivity contribution in [2.45, 2.75) is 29.7 Å². The molecule has 0 heterocycles. The number of hydrogen-bond acceptors (Lipinski definition) is 2. The van der Waals surface area contributed by atoms with Gasteiger partial charge in [0.1, 0.15) is 17.5 Å². The van der Waals surface area contributed by atoms with Crippen molar-refractivity contribution in [1.82, 2.24) is 0 Å². The van der Waals surface area contributed by atoms with Gasteiger partial charge < -0.3 is 5.73 Å². The summed E-state index contributed by atoms with van der Waals surface area (Å²) in [5.41, 5.74) is 6.82. The molecule has 0 saturated heterocycles. The van der Waals surface area contributed by atoms with Crippen molar-refractivity contribution < 1.29 is 13.2 Å². The minimum atomic E-state index is -0.519. The van der Waals surface area contributed by atoms with E-state index in [9.17, 15) is 13.2 Å². The molecule has 0 radical (unpaired) electrons. The van der Waals surface area contributed by atoms with Crippen molar-refractivity contribution in [2.24, 2.45) is 5.73 Å². The Balaban J connectivity index is 2.47. The van der Waals surface area contributed by atoms with E-state index >= 15 is 0 Å². The Morgan fingerprint density at radius 1 is 1.00 bits per heavy atom. The molecular weight excluding hydrogens is 283 g/mol. The summed E-state index contributed by atoms with van der Waals surface area (Å²) < 4.78 is 40.5. The van der Waals surface area contributed by atoms with E-state index in [1.54, 1.807) is 19.9 Å². The lowest BCUT2D eigenvalue weighted by Crippen LogP contribution is -2.07. The van der Waals surface area contributed by atoms with Gasteiger partial charge in [0.15, 0.2) is 0 Å². The summed E-state index contributed by atoms with van der Waals surface area (Å²) >= 11 is 1.04. The second-order valence-electron chi connectivity index (χ2n) is 4.60. The Labute approximate surface area is 120 Å². The van der Waals surface area contributed by atoms with Crippen LogP contribution in [0.5, 0.6) is 0 Å². The fourth-order valence-electron chi connectivity index (χ4n) is 1.79. The Morgan fingerprint density at radius 2 is 1.70 bits per heavy atom. The summed E-state index contributed by atoms with van der Waals surface area (Å²) in [6, 6.07) is 5.79. The van der Waals surface area contributed by atoms with Gasteiger partial charge in [-0.2, -0.15) is 0 Å². The van der Waals surface area contributed by atoms with Crippen LogP contribution < -0.4 is 5.73 Å². The highest BCUT2D eigenvalue weighted by Crippen LogP contribution is 2.36. The number of aryl methyl sites for hydroxylation is 1. The van der Waals surface area contributed by atoms with Crippen molar-refractivity contribution in [2.75, 3.05) is 0 Å². The average Bonchev–Trinajstić information content (AvgIpc) is 2.37. The molecule has 0 saturated carbocycles. The van der Waals surface area contributed by atoms with Crippen LogP contribution in [0, 0.1) is 24.4 Å². The molecule has 106 valence electrons. The average molecular weight is 297 g/mol. The molecule has 5 heteroatoms. The first kappa shape index (κ1) is 14.9. The predicted octanol–water partition coefficient (Wildman–Crippen LogP) is 4.58. The molecule has 0 amide bonds. The zero-order valence-electron chi connectivity index (χ0n) is 11.1. The minimum absolute atomic E-state index is 0.151. The van der Waals surface area contributed by atoms with Gasteiger partial charge in [-0.1, -0.05) is 11.8 Å². The zero-order chi connectivity index (χ0) is 14.9. The maximum atomic E-state index is 13.7. The van der Waals surface area contributed by atoms with Crippen LogP contribution in [0.25, 0.3) is 0 Å². The molecule has 0 fully saturated rings. The standard InChI is InChI=1S/C15H14F3NS/c1-8-5-14(11(9(2)19)7-13(8)18)20-15-6-10(16)3-4-12(15)17/h3-7,9H,19H2,1-2H3/t9-/m0/s1. The zero-order valence-corrected chi connectivity index (χ0v) is 11.9. The summed E-state index contributed by atoms with van der Waals surface area (Å²) in [7, 11) is 0. The topological polar surface area (TPSA) is 26.0 Å². The second-order valence-corrected chi connectivity index (χ2v) is 5.69. The van der Waals surface area contributed by atoms with E-state index in [2.05, 4.69) is 0 Å². The highest BCUT2D eigenvalue weighted by molar-refractivity contribution is 7.99. The minimum Gasteiger partial charge on any atom is -0.324 e. The Morgan fingerprint density at radius 3 is 2.35 bits per heavy atom. The molecule has 2 aromatic carbocycles. The van der Waals surface area contributed by atoms with Crippen LogP contribution in [0.2, 0.25) is 0 Å². The molecule has 20 heavy (non-hydrogen) atoms. The van der Waals surface area contributed by atoms with Gasteiger partial charge in [0.25, 0.3) is 0 Å². The summed E-state index contributed by atoms with van der Waals surface area (Å²) in [6.07, 6.45) is 0. The van der Waals surface area contributed by atoms with Gasteiger partial charge >= 0.3 is 0 Å². The van der Waals surface area contributed by atoms with Crippen LogP contribution in [0.3, 0.4) is 0 Å². The third kappa shape index (κ3) is 3.16. The molecule has 0 spiro atoms. The fourth-order valence-corrected chi connectivity index (χ4v) is 2.96. The summed E-state index contributed by atoms with van der Waals surface area (Å²) in [5.74, 6) is -1.40. The first-order valence-corrected chi connectivity index (χ1v) is 6.88.